The van der Waals surface area contributed by atoms with E-state index < -0.39 is 6.10 Å². The van der Waals surface area contributed by atoms with E-state index in [1.165, 1.54) is 0 Å². The molecule has 2 rings (SSSR count). The van der Waals surface area contributed by atoms with Crippen molar-refractivity contribution in [1.29, 1.82) is 0 Å². The molecular formula is C11H15NO2. The monoisotopic (exact) mass is 193 g/mol. The van der Waals surface area contributed by atoms with Crippen LogP contribution in [0.2, 0.25) is 0 Å². The predicted molar refractivity (Wildman–Crippen MR) is 56.0 cm³/mol. The first-order valence-corrected chi connectivity index (χ1v) is 4.84. The Hall–Kier alpha value is -1.35. The van der Waals surface area contributed by atoms with Gasteiger partial charge in [-0.25, -0.2) is 0 Å². The molecule has 3 heteroatoms. The first kappa shape index (κ1) is 10.7. The minimum absolute atomic E-state index is 0.124. The summed E-state index contributed by atoms with van der Waals surface area (Å²) in [6.45, 7) is 4.00. The van der Waals surface area contributed by atoms with Crippen LogP contribution in [0.4, 0.5) is 5.69 Å². The fourth-order valence-electron chi connectivity index (χ4n) is 1.39. The van der Waals surface area contributed by atoms with Crippen LogP contribution in [0.25, 0.3) is 0 Å². The highest BCUT2D eigenvalue weighted by atomic mass is 16.3. The van der Waals surface area contributed by atoms with E-state index in [0.717, 1.165) is 11.3 Å². The molecule has 1 aliphatic heterocycles. The van der Waals surface area contributed by atoms with Crippen molar-refractivity contribution < 1.29 is 9.90 Å². The normalized spacial score (nSPS) is 18.8. The Bertz CT molecular complexity index is 323. The molecule has 3 nitrogen and oxygen atoms in total. The van der Waals surface area contributed by atoms with Gasteiger partial charge >= 0.3 is 0 Å². The molecule has 14 heavy (non-hydrogen) atoms. The second-order valence-corrected chi connectivity index (χ2v) is 2.86. The zero-order valence-corrected chi connectivity index (χ0v) is 8.45. The van der Waals surface area contributed by atoms with Crippen LogP contribution in [0.3, 0.4) is 0 Å². The summed E-state index contributed by atoms with van der Waals surface area (Å²) in [6, 6.07) is 7.28. The minimum atomic E-state index is -0.644. The molecule has 0 fully saturated rings. The number of hydrogen-bond donors (Lipinski definition) is 2. The Morgan fingerprint density at radius 2 is 2.00 bits per heavy atom. The van der Waals surface area contributed by atoms with Gasteiger partial charge in [-0.3, -0.25) is 4.79 Å². The Kier molecular flexibility index (Phi) is 3.65. The van der Waals surface area contributed by atoms with Crippen LogP contribution >= 0.6 is 0 Å². The van der Waals surface area contributed by atoms with E-state index in [4.69, 9.17) is 0 Å². The zero-order valence-electron chi connectivity index (χ0n) is 8.45. The summed E-state index contributed by atoms with van der Waals surface area (Å²) in [7, 11) is 0. The summed E-state index contributed by atoms with van der Waals surface area (Å²) in [5.74, 6) is -0.124. The number of carbonyl (C=O) groups is 1. The summed E-state index contributed by atoms with van der Waals surface area (Å²) >= 11 is 0. The van der Waals surface area contributed by atoms with Crippen molar-refractivity contribution in [2.75, 3.05) is 5.32 Å². The van der Waals surface area contributed by atoms with Crippen LogP contribution in [0, 0.1) is 0 Å². The first-order chi connectivity index (χ1) is 6.77. The quantitative estimate of drug-likeness (QED) is 0.662. The van der Waals surface area contributed by atoms with Crippen molar-refractivity contribution in [3.8, 4) is 0 Å². The maximum absolute atomic E-state index is 11.0. The maximum atomic E-state index is 11.0. The molecule has 0 saturated heterocycles. The molecular weight excluding hydrogens is 178 g/mol. The lowest BCUT2D eigenvalue weighted by Gasteiger charge is -2.20. The standard InChI is InChI=1S/C9H9NO2.C2H6/c11-8-5-9(12)10-7-4-2-1-3-6(7)8;1-2/h1-4,8,11H,5H2,(H,10,12);1-2H3. The fourth-order valence-corrected chi connectivity index (χ4v) is 1.39. The van der Waals surface area contributed by atoms with Gasteiger partial charge in [-0.15, -0.1) is 0 Å². The molecule has 1 aromatic rings. The number of nitrogens with one attached hydrogen (secondary N) is 1. The van der Waals surface area contributed by atoms with Crippen molar-refractivity contribution in [3.63, 3.8) is 0 Å². The largest absolute Gasteiger partial charge is 0.388 e. The number of anilines is 1. The third kappa shape index (κ3) is 2.12. The number of fused-ring (bicyclic) bond motifs is 1. The molecule has 1 atom stereocenters. The molecule has 76 valence electrons. The molecule has 1 unspecified atom stereocenters. The number of aliphatic hydroxyl groups excluding tert-OH is 1. The van der Waals surface area contributed by atoms with Crippen LogP contribution in [-0.4, -0.2) is 11.0 Å². The third-order valence-electron chi connectivity index (χ3n) is 1.97. The van der Waals surface area contributed by atoms with E-state index in [1.807, 2.05) is 32.0 Å². The van der Waals surface area contributed by atoms with Gasteiger partial charge in [0.05, 0.1) is 12.5 Å². The lowest BCUT2D eigenvalue weighted by molar-refractivity contribution is -0.118. The highest BCUT2D eigenvalue weighted by molar-refractivity contribution is 5.94. The number of hydrogen-bond acceptors (Lipinski definition) is 2. The van der Waals surface area contributed by atoms with E-state index in [2.05, 4.69) is 5.32 Å². The average Bonchev–Trinajstić information content (AvgIpc) is 2.20. The molecule has 0 saturated carbocycles. The van der Waals surface area contributed by atoms with Crippen molar-refractivity contribution in [1.82, 2.24) is 0 Å². The van der Waals surface area contributed by atoms with E-state index in [-0.39, 0.29) is 12.3 Å². The molecule has 1 heterocycles. The summed E-state index contributed by atoms with van der Waals surface area (Å²) in [4.78, 5) is 11.0. The van der Waals surface area contributed by atoms with Gasteiger partial charge in [0.25, 0.3) is 0 Å². The van der Waals surface area contributed by atoms with Crippen LogP contribution in [0.5, 0.6) is 0 Å². The highest BCUT2D eigenvalue weighted by Crippen LogP contribution is 2.29. The van der Waals surface area contributed by atoms with Gasteiger partial charge in [-0.1, -0.05) is 32.0 Å². The second-order valence-electron chi connectivity index (χ2n) is 2.86. The van der Waals surface area contributed by atoms with Crippen molar-refractivity contribution in [3.05, 3.63) is 29.8 Å². The number of carbonyl (C=O) groups excluding carboxylic acids is 1. The molecule has 1 aromatic carbocycles. The first-order valence-electron chi connectivity index (χ1n) is 4.84. The third-order valence-corrected chi connectivity index (χ3v) is 1.97. The van der Waals surface area contributed by atoms with Crippen LogP contribution in [0.1, 0.15) is 31.9 Å². The molecule has 0 spiro atoms. The Morgan fingerprint density at radius 3 is 2.71 bits per heavy atom. The van der Waals surface area contributed by atoms with Crippen LogP contribution in [0.15, 0.2) is 24.3 Å². The van der Waals surface area contributed by atoms with Gasteiger partial charge in [0, 0.05) is 11.3 Å². The van der Waals surface area contributed by atoms with Gasteiger partial charge in [0.1, 0.15) is 0 Å². The Balaban J connectivity index is 0.000000461. The van der Waals surface area contributed by atoms with Gasteiger partial charge in [-0.2, -0.15) is 0 Å². The average molecular weight is 193 g/mol. The number of rotatable bonds is 0. The number of aliphatic hydroxyl groups is 1. The predicted octanol–water partition coefficient (Wildman–Crippen LogP) is 2.09. The van der Waals surface area contributed by atoms with Gasteiger partial charge in [0.2, 0.25) is 5.91 Å². The van der Waals surface area contributed by atoms with Gasteiger partial charge in [0.15, 0.2) is 0 Å². The summed E-state index contributed by atoms with van der Waals surface area (Å²) in [5.41, 5.74) is 1.53. The van der Waals surface area contributed by atoms with E-state index >= 15 is 0 Å². The van der Waals surface area contributed by atoms with E-state index in [9.17, 15) is 9.90 Å². The van der Waals surface area contributed by atoms with E-state index in [1.54, 1.807) is 6.07 Å². The second kappa shape index (κ2) is 4.77. The molecule has 2 N–H and O–H groups in total. The van der Waals surface area contributed by atoms with Gasteiger partial charge < -0.3 is 10.4 Å². The number of benzene rings is 1. The minimum Gasteiger partial charge on any atom is -0.388 e. The maximum Gasteiger partial charge on any atom is 0.227 e. The van der Waals surface area contributed by atoms with Crippen molar-refractivity contribution in [2.45, 2.75) is 26.4 Å². The van der Waals surface area contributed by atoms with Crippen LogP contribution < -0.4 is 5.32 Å². The summed E-state index contributed by atoms with van der Waals surface area (Å²) in [6.07, 6.45) is -0.480. The topological polar surface area (TPSA) is 49.3 Å². The number of amides is 1. The van der Waals surface area contributed by atoms with E-state index in [0.29, 0.717) is 0 Å². The molecule has 1 amide bonds. The molecule has 0 bridgehead atoms. The SMILES string of the molecule is CC.O=C1CC(O)c2ccccc2N1. The zero-order chi connectivity index (χ0) is 10.6. The molecule has 1 aliphatic rings. The smallest absolute Gasteiger partial charge is 0.227 e. The molecule has 0 aromatic heterocycles. The lowest BCUT2D eigenvalue weighted by atomic mass is 10.0. The lowest BCUT2D eigenvalue weighted by Crippen LogP contribution is -2.22. The van der Waals surface area contributed by atoms with Gasteiger partial charge in [-0.05, 0) is 6.07 Å². The number of para-hydroxylation sites is 1. The highest BCUT2D eigenvalue weighted by Gasteiger charge is 2.21. The summed E-state index contributed by atoms with van der Waals surface area (Å²) < 4.78 is 0. The Labute approximate surface area is 83.8 Å². The molecule has 0 aliphatic carbocycles. The fraction of sp³-hybridized carbons (Fsp3) is 0.364. The molecule has 0 radical (unpaired) electrons. The van der Waals surface area contributed by atoms with Crippen molar-refractivity contribution >= 4 is 11.6 Å². The summed E-state index contributed by atoms with van der Waals surface area (Å²) in [5, 5.41) is 12.2. The van der Waals surface area contributed by atoms with Crippen LogP contribution in [-0.2, 0) is 4.79 Å². The van der Waals surface area contributed by atoms with Crippen molar-refractivity contribution in [2.24, 2.45) is 0 Å². The Morgan fingerprint density at radius 1 is 1.36 bits per heavy atom.